The number of H-pyrrole nitrogens is 1. The molecular weight excluding hydrogens is 529 g/mol. The SMILES string of the molecule is CC1COC(C(=O)NCC2CCCO2)(c2nc(-c3ccc(F)cc3)c(-c3ccnc(Oc4ccccc4)n3)[nH]2)OC1. The second-order valence-corrected chi connectivity index (χ2v) is 10.1. The summed E-state index contributed by atoms with van der Waals surface area (Å²) in [4.78, 5) is 30.6. The summed E-state index contributed by atoms with van der Waals surface area (Å²) >= 11 is 0. The maximum absolute atomic E-state index is 13.8. The molecule has 1 atom stereocenters. The van der Waals surface area contributed by atoms with E-state index in [1.54, 1.807) is 36.5 Å². The number of para-hydroxylation sites is 1. The predicted octanol–water partition coefficient (Wildman–Crippen LogP) is 4.60. The fraction of sp³-hybridized carbons (Fsp3) is 0.333. The van der Waals surface area contributed by atoms with Crippen LogP contribution >= 0.6 is 0 Å². The normalized spacial score (nSPS) is 22.4. The highest BCUT2D eigenvalue weighted by Gasteiger charge is 2.49. The number of nitrogens with one attached hydrogen (secondary N) is 2. The van der Waals surface area contributed by atoms with Gasteiger partial charge >= 0.3 is 11.8 Å². The number of carbonyl (C=O) groups is 1. The number of benzene rings is 2. The summed E-state index contributed by atoms with van der Waals surface area (Å²) in [5.41, 5.74) is 1.95. The number of amides is 1. The molecule has 4 aromatic rings. The smallest absolute Gasteiger partial charge is 0.322 e. The summed E-state index contributed by atoms with van der Waals surface area (Å²) in [7, 11) is 0. The molecule has 2 aromatic heterocycles. The maximum atomic E-state index is 13.8. The Bertz CT molecular complexity index is 1480. The van der Waals surface area contributed by atoms with Crippen molar-refractivity contribution >= 4 is 5.91 Å². The molecule has 2 fully saturated rings. The molecule has 1 unspecified atom stereocenters. The van der Waals surface area contributed by atoms with Crippen LogP contribution in [0.5, 0.6) is 11.8 Å². The van der Waals surface area contributed by atoms with Crippen molar-refractivity contribution in [2.75, 3.05) is 26.4 Å². The highest BCUT2D eigenvalue weighted by Crippen LogP contribution is 2.37. The van der Waals surface area contributed by atoms with Crippen molar-refractivity contribution < 1.29 is 28.1 Å². The van der Waals surface area contributed by atoms with Crippen LogP contribution in [0.2, 0.25) is 0 Å². The van der Waals surface area contributed by atoms with Gasteiger partial charge in [0.1, 0.15) is 11.6 Å². The number of hydrogen-bond donors (Lipinski definition) is 2. The molecular formula is C30H30FN5O5. The number of ether oxygens (including phenoxy) is 4. The molecule has 2 N–H and O–H groups in total. The molecule has 2 aromatic carbocycles. The van der Waals surface area contributed by atoms with Gasteiger partial charge in [-0.05, 0) is 55.3 Å². The zero-order chi connectivity index (χ0) is 28.2. The topological polar surface area (TPSA) is 120 Å². The lowest BCUT2D eigenvalue weighted by molar-refractivity contribution is -0.277. The van der Waals surface area contributed by atoms with Gasteiger partial charge in [-0.2, -0.15) is 4.98 Å². The van der Waals surface area contributed by atoms with E-state index in [9.17, 15) is 9.18 Å². The standard InChI is InChI=1S/C30H30FN5O5/c1-19-17-39-30(40-18-19,28(37)33-16-23-8-5-15-38-23)27-35-25(20-9-11-21(31)12-10-20)26(36-27)24-13-14-32-29(34-24)41-22-6-3-2-4-7-22/h2-4,6-7,9-14,19,23H,5,8,15-18H2,1H3,(H,33,37)(H,35,36). The van der Waals surface area contributed by atoms with E-state index < -0.39 is 11.7 Å². The highest BCUT2D eigenvalue weighted by molar-refractivity contribution is 5.86. The van der Waals surface area contributed by atoms with Gasteiger partial charge < -0.3 is 29.2 Å². The molecule has 4 heterocycles. The van der Waals surface area contributed by atoms with Gasteiger partial charge in [0.2, 0.25) is 0 Å². The van der Waals surface area contributed by atoms with Crippen molar-refractivity contribution in [2.45, 2.75) is 31.7 Å². The Labute approximate surface area is 236 Å². The lowest BCUT2D eigenvalue weighted by Crippen LogP contribution is -2.54. The van der Waals surface area contributed by atoms with Crippen LogP contribution in [-0.4, -0.2) is 58.3 Å². The summed E-state index contributed by atoms with van der Waals surface area (Å²) < 4.78 is 37.6. The van der Waals surface area contributed by atoms with E-state index in [0.717, 1.165) is 12.8 Å². The van der Waals surface area contributed by atoms with Crippen molar-refractivity contribution in [1.29, 1.82) is 0 Å². The zero-order valence-corrected chi connectivity index (χ0v) is 22.5. The number of hydrogen-bond acceptors (Lipinski definition) is 8. The molecule has 0 aliphatic carbocycles. The number of rotatable bonds is 8. The summed E-state index contributed by atoms with van der Waals surface area (Å²) in [6.45, 7) is 3.55. The third-order valence-electron chi connectivity index (χ3n) is 6.93. The molecule has 11 heteroatoms. The minimum absolute atomic E-state index is 0.0653. The third-order valence-corrected chi connectivity index (χ3v) is 6.93. The van der Waals surface area contributed by atoms with Gasteiger partial charge in [-0.3, -0.25) is 4.79 Å². The van der Waals surface area contributed by atoms with Crippen molar-refractivity contribution in [3.8, 4) is 34.4 Å². The first kappa shape index (κ1) is 27.0. The summed E-state index contributed by atoms with van der Waals surface area (Å²) in [5, 5.41) is 2.93. The van der Waals surface area contributed by atoms with E-state index in [1.807, 2.05) is 25.1 Å². The van der Waals surface area contributed by atoms with E-state index in [4.69, 9.17) is 23.9 Å². The number of imidazole rings is 1. The molecule has 2 aliphatic rings. The Morgan fingerprint density at radius 1 is 1.10 bits per heavy atom. The Balaban J connectivity index is 1.40. The summed E-state index contributed by atoms with van der Waals surface area (Å²) in [6, 6.07) is 16.9. The van der Waals surface area contributed by atoms with Gasteiger partial charge in [0.25, 0.3) is 5.91 Å². The van der Waals surface area contributed by atoms with Gasteiger partial charge in [0, 0.05) is 30.8 Å². The maximum Gasteiger partial charge on any atom is 0.322 e. The number of aromatic amines is 1. The van der Waals surface area contributed by atoms with Crippen molar-refractivity contribution in [3.05, 3.63) is 78.5 Å². The minimum atomic E-state index is -1.82. The molecule has 0 radical (unpaired) electrons. The summed E-state index contributed by atoms with van der Waals surface area (Å²) in [6.07, 6.45) is 3.32. The van der Waals surface area contributed by atoms with E-state index in [0.29, 0.717) is 41.5 Å². The van der Waals surface area contributed by atoms with Crippen LogP contribution in [0, 0.1) is 11.7 Å². The van der Waals surface area contributed by atoms with Crippen LogP contribution < -0.4 is 10.1 Å². The molecule has 1 amide bonds. The average molecular weight is 560 g/mol. The largest absolute Gasteiger partial charge is 0.424 e. The Kier molecular flexibility index (Phi) is 7.73. The van der Waals surface area contributed by atoms with E-state index in [2.05, 4.69) is 20.3 Å². The number of halogens is 1. The van der Waals surface area contributed by atoms with Gasteiger partial charge in [0.05, 0.1) is 36.4 Å². The second kappa shape index (κ2) is 11.7. The molecule has 0 spiro atoms. The molecule has 2 saturated heterocycles. The minimum Gasteiger partial charge on any atom is -0.424 e. The molecule has 2 aliphatic heterocycles. The third kappa shape index (κ3) is 5.83. The number of nitrogens with zero attached hydrogens (tertiary/aromatic N) is 3. The Morgan fingerprint density at radius 2 is 1.88 bits per heavy atom. The van der Waals surface area contributed by atoms with Crippen molar-refractivity contribution in [1.82, 2.24) is 25.3 Å². The monoisotopic (exact) mass is 559 g/mol. The van der Waals surface area contributed by atoms with Crippen LogP contribution in [-0.2, 0) is 24.8 Å². The van der Waals surface area contributed by atoms with Crippen LogP contribution in [0.1, 0.15) is 25.6 Å². The van der Waals surface area contributed by atoms with Crippen LogP contribution in [0.3, 0.4) is 0 Å². The summed E-state index contributed by atoms with van der Waals surface area (Å²) in [5.74, 6) is -1.89. The fourth-order valence-electron chi connectivity index (χ4n) is 4.77. The van der Waals surface area contributed by atoms with Crippen molar-refractivity contribution in [2.24, 2.45) is 5.92 Å². The number of carbonyl (C=O) groups excluding carboxylic acids is 1. The molecule has 10 nitrogen and oxygen atoms in total. The van der Waals surface area contributed by atoms with Crippen LogP contribution in [0.15, 0.2) is 66.9 Å². The average Bonchev–Trinajstić information content (AvgIpc) is 3.69. The molecule has 212 valence electrons. The van der Waals surface area contributed by atoms with E-state index >= 15 is 0 Å². The highest BCUT2D eigenvalue weighted by atomic mass is 19.1. The first-order valence-electron chi connectivity index (χ1n) is 13.6. The quantitative estimate of drug-likeness (QED) is 0.322. The lowest BCUT2D eigenvalue weighted by Gasteiger charge is -2.36. The number of aromatic nitrogens is 4. The Hall–Kier alpha value is -4.19. The second-order valence-electron chi connectivity index (χ2n) is 10.1. The van der Waals surface area contributed by atoms with Crippen LogP contribution in [0.25, 0.3) is 22.6 Å². The van der Waals surface area contributed by atoms with Gasteiger partial charge in [-0.1, -0.05) is 25.1 Å². The van der Waals surface area contributed by atoms with Gasteiger partial charge in [0.15, 0.2) is 5.82 Å². The van der Waals surface area contributed by atoms with Gasteiger partial charge in [-0.15, -0.1) is 0 Å². The van der Waals surface area contributed by atoms with E-state index in [1.165, 1.54) is 12.1 Å². The van der Waals surface area contributed by atoms with E-state index in [-0.39, 0.29) is 42.9 Å². The fourth-order valence-corrected chi connectivity index (χ4v) is 4.77. The first-order valence-corrected chi connectivity index (χ1v) is 13.6. The molecule has 6 rings (SSSR count). The zero-order valence-electron chi connectivity index (χ0n) is 22.5. The Morgan fingerprint density at radius 3 is 2.61 bits per heavy atom. The van der Waals surface area contributed by atoms with Gasteiger partial charge in [-0.25, -0.2) is 14.4 Å². The molecule has 0 bridgehead atoms. The van der Waals surface area contributed by atoms with Crippen LogP contribution in [0.4, 0.5) is 4.39 Å². The molecule has 0 saturated carbocycles. The predicted molar refractivity (Wildman–Crippen MR) is 146 cm³/mol. The first-order chi connectivity index (χ1) is 20.0. The molecule has 41 heavy (non-hydrogen) atoms. The van der Waals surface area contributed by atoms with Crippen molar-refractivity contribution in [3.63, 3.8) is 0 Å². The lowest BCUT2D eigenvalue weighted by atomic mass is 10.1.